The van der Waals surface area contributed by atoms with Gasteiger partial charge in [-0.2, -0.15) is 0 Å². The van der Waals surface area contributed by atoms with Gasteiger partial charge in [-0.25, -0.2) is 0 Å². The van der Waals surface area contributed by atoms with Crippen LogP contribution in [0.4, 0.5) is 0 Å². The maximum atomic E-state index is 10.8. The van der Waals surface area contributed by atoms with Crippen LogP contribution in [0, 0.1) is 6.92 Å². The van der Waals surface area contributed by atoms with E-state index < -0.39 is 0 Å². The highest BCUT2D eigenvalue weighted by Crippen LogP contribution is 2.46. The third-order valence-electron chi connectivity index (χ3n) is 2.50. The van der Waals surface area contributed by atoms with E-state index in [0.29, 0.717) is 0 Å². The Bertz CT molecular complexity index is 315. The molecule has 0 unspecified atom stereocenters. The summed E-state index contributed by atoms with van der Waals surface area (Å²) in [5, 5.41) is 0. The Kier molecular flexibility index (Phi) is 1.50. The molecule has 2 rings (SSSR count). The minimum Gasteiger partial charge on any atom is -0.302 e. The van der Waals surface area contributed by atoms with Crippen LogP contribution in [0.25, 0.3) is 0 Å². The van der Waals surface area contributed by atoms with Crippen molar-refractivity contribution in [2.24, 2.45) is 0 Å². The summed E-state index contributed by atoms with van der Waals surface area (Å²) in [4.78, 5) is 15.1. The van der Waals surface area contributed by atoms with E-state index in [1.807, 2.05) is 19.1 Å². The van der Waals surface area contributed by atoms with Crippen molar-refractivity contribution in [3.8, 4) is 0 Å². The molecule has 1 fully saturated rings. The average molecular weight is 161 g/mol. The first-order chi connectivity index (χ1) is 5.78. The van der Waals surface area contributed by atoms with Gasteiger partial charge in [0.15, 0.2) is 0 Å². The molecule has 0 aromatic carbocycles. The van der Waals surface area contributed by atoms with Gasteiger partial charge in [0.1, 0.15) is 6.29 Å². The fraction of sp³-hybridized carbons (Fsp3) is 0.400. The predicted molar refractivity (Wildman–Crippen MR) is 46.0 cm³/mol. The molecule has 0 bridgehead atoms. The largest absolute Gasteiger partial charge is 0.302 e. The molecule has 0 N–H and O–H groups in total. The molecule has 0 amide bonds. The molecule has 1 aromatic rings. The number of aldehydes is 1. The summed E-state index contributed by atoms with van der Waals surface area (Å²) in [6.07, 6.45) is 4.73. The highest BCUT2D eigenvalue weighted by atomic mass is 16.1. The van der Waals surface area contributed by atoms with Gasteiger partial charge in [0, 0.05) is 6.20 Å². The lowest BCUT2D eigenvalue weighted by atomic mass is 10.00. The van der Waals surface area contributed by atoms with E-state index in [9.17, 15) is 4.79 Å². The van der Waals surface area contributed by atoms with E-state index in [1.165, 1.54) is 0 Å². The second kappa shape index (κ2) is 2.41. The summed E-state index contributed by atoms with van der Waals surface area (Å²) in [6, 6.07) is 3.91. The summed E-state index contributed by atoms with van der Waals surface area (Å²) >= 11 is 0. The van der Waals surface area contributed by atoms with Crippen molar-refractivity contribution in [2.75, 3.05) is 0 Å². The van der Waals surface area contributed by atoms with Crippen LogP contribution in [0.1, 0.15) is 24.1 Å². The van der Waals surface area contributed by atoms with E-state index in [2.05, 4.69) is 4.98 Å². The molecular formula is C10H11NO. The van der Waals surface area contributed by atoms with E-state index in [1.54, 1.807) is 6.20 Å². The van der Waals surface area contributed by atoms with Crippen LogP contribution in [-0.2, 0) is 10.2 Å². The van der Waals surface area contributed by atoms with Gasteiger partial charge >= 0.3 is 0 Å². The lowest BCUT2D eigenvalue weighted by Gasteiger charge is -2.08. The normalized spacial score (nSPS) is 18.8. The first kappa shape index (κ1) is 7.47. The third kappa shape index (κ3) is 0.951. The summed E-state index contributed by atoms with van der Waals surface area (Å²) in [5.41, 5.74) is 1.88. The predicted octanol–water partition coefficient (Wildman–Crippen LogP) is 1.62. The molecule has 1 heterocycles. The number of hydrogen-bond donors (Lipinski definition) is 0. The number of carbonyl (C=O) groups excluding carboxylic acids is 1. The first-order valence-electron chi connectivity index (χ1n) is 4.17. The minimum atomic E-state index is -0.217. The van der Waals surface area contributed by atoms with Gasteiger partial charge in [-0.3, -0.25) is 4.98 Å². The van der Waals surface area contributed by atoms with Gasteiger partial charge in [-0.05, 0) is 31.4 Å². The van der Waals surface area contributed by atoms with Gasteiger partial charge in [-0.15, -0.1) is 0 Å². The fourth-order valence-corrected chi connectivity index (χ4v) is 1.55. The summed E-state index contributed by atoms with van der Waals surface area (Å²) in [6.45, 7) is 2.01. The lowest BCUT2D eigenvalue weighted by Crippen LogP contribution is -2.11. The number of pyridine rings is 1. The average Bonchev–Trinajstić information content (AvgIpc) is 2.86. The molecule has 0 spiro atoms. The topological polar surface area (TPSA) is 30.0 Å². The van der Waals surface area contributed by atoms with Crippen molar-refractivity contribution in [1.82, 2.24) is 4.98 Å². The minimum absolute atomic E-state index is 0.217. The summed E-state index contributed by atoms with van der Waals surface area (Å²) < 4.78 is 0. The van der Waals surface area contributed by atoms with E-state index in [-0.39, 0.29) is 5.41 Å². The number of nitrogens with zero attached hydrogens (tertiary/aromatic N) is 1. The number of aromatic nitrogens is 1. The Balaban J connectivity index is 2.46. The van der Waals surface area contributed by atoms with Crippen LogP contribution in [0.5, 0.6) is 0 Å². The molecule has 0 saturated heterocycles. The second-order valence-corrected chi connectivity index (χ2v) is 3.44. The van der Waals surface area contributed by atoms with Crippen LogP contribution in [0.3, 0.4) is 0 Å². The van der Waals surface area contributed by atoms with E-state index in [4.69, 9.17) is 0 Å². The van der Waals surface area contributed by atoms with Gasteiger partial charge < -0.3 is 4.79 Å². The summed E-state index contributed by atoms with van der Waals surface area (Å²) in [7, 11) is 0. The maximum absolute atomic E-state index is 10.8. The quantitative estimate of drug-likeness (QED) is 0.617. The second-order valence-electron chi connectivity index (χ2n) is 3.44. The molecule has 2 nitrogen and oxygen atoms in total. The van der Waals surface area contributed by atoms with Crippen LogP contribution >= 0.6 is 0 Å². The molecule has 2 heteroatoms. The Morgan fingerprint density at radius 1 is 1.58 bits per heavy atom. The van der Waals surface area contributed by atoms with Crippen molar-refractivity contribution in [2.45, 2.75) is 25.2 Å². The highest BCUT2D eigenvalue weighted by molar-refractivity contribution is 5.72. The SMILES string of the molecule is Cc1cccnc1C1(C=O)CC1. The molecule has 62 valence electrons. The molecule has 0 atom stereocenters. The zero-order valence-electron chi connectivity index (χ0n) is 7.08. The fourth-order valence-electron chi connectivity index (χ4n) is 1.55. The van der Waals surface area contributed by atoms with Gasteiger partial charge in [0.05, 0.1) is 11.1 Å². The smallest absolute Gasteiger partial charge is 0.132 e. The molecule has 0 aliphatic heterocycles. The van der Waals surface area contributed by atoms with Crippen LogP contribution < -0.4 is 0 Å². The maximum Gasteiger partial charge on any atom is 0.132 e. The van der Waals surface area contributed by atoms with Gasteiger partial charge in [0.25, 0.3) is 0 Å². The van der Waals surface area contributed by atoms with Crippen LogP contribution in [0.15, 0.2) is 18.3 Å². The van der Waals surface area contributed by atoms with Crippen molar-refractivity contribution in [1.29, 1.82) is 0 Å². The zero-order valence-corrected chi connectivity index (χ0v) is 7.08. The molecule has 12 heavy (non-hydrogen) atoms. The number of hydrogen-bond acceptors (Lipinski definition) is 2. The Morgan fingerprint density at radius 2 is 2.33 bits per heavy atom. The molecule has 1 aliphatic rings. The first-order valence-corrected chi connectivity index (χ1v) is 4.17. The summed E-state index contributed by atoms with van der Waals surface area (Å²) in [5.74, 6) is 0. The zero-order chi connectivity index (χ0) is 8.60. The third-order valence-corrected chi connectivity index (χ3v) is 2.50. The van der Waals surface area contributed by atoms with Crippen molar-refractivity contribution in [3.05, 3.63) is 29.6 Å². The molecule has 1 saturated carbocycles. The standard InChI is InChI=1S/C10H11NO/c1-8-3-2-6-11-9(8)10(7-12)4-5-10/h2-3,6-7H,4-5H2,1H3. The Morgan fingerprint density at radius 3 is 2.83 bits per heavy atom. The molecule has 1 aromatic heterocycles. The van der Waals surface area contributed by atoms with Gasteiger partial charge in [-0.1, -0.05) is 6.07 Å². The molecule has 1 aliphatic carbocycles. The van der Waals surface area contributed by atoms with Crippen molar-refractivity contribution >= 4 is 6.29 Å². The van der Waals surface area contributed by atoms with E-state index in [0.717, 1.165) is 30.4 Å². The van der Waals surface area contributed by atoms with Crippen molar-refractivity contribution < 1.29 is 4.79 Å². The lowest BCUT2D eigenvalue weighted by molar-refractivity contribution is -0.110. The van der Waals surface area contributed by atoms with Crippen LogP contribution in [-0.4, -0.2) is 11.3 Å². The monoisotopic (exact) mass is 161 g/mol. The van der Waals surface area contributed by atoms with Crippen molar-refractivity contribution in [3.63, 3.8) is 0 Å². The number of carbonyl (C=O) groups is 1. The van der Waals surface area contributed by atoms with E-state index >= 15 is 0 Å². The Hall–Kier alpha value is -1.18. The number of aryl methyl sites for hydroxylation is 1. The Labute approximate surface area is 71.6 Å². The molecular weight excluding hydrogens is 150 g/mol. The molecule has 0 radical (unpaired) electrons. The highest BCUT2D eigenvalue weighted by Gasteiger charge is 2.46. The number of rotatable bonds is 2. The van der Waals surface area contributed by atoms with Gasteiger partial charge in [0.2, 0.25) is 0 Å². The van der Waals surface area contributed by atoms with Crippen LogP contribution in [0.2, 0.25) is 0 Å².